The van der Waals surface area contributed by atoms with Gasteiger partial charge in [-0.1, -0.05) is 50.2 Å². The number of hydrogen-bond acceptors (Lipinski definition) is 5. The van der Waals surface area contributed by atoms with Gasteiger partial charge in [0, 0.05) is 24.3 Å². The number of ether oxygens (including phenoxy) is 4. The van der Waals surface area contributed by atoms with Crippen LogP contribution >= 0.6 is 0 Å². The predicted octanol–water partition coefficient (Wildman–Crippen LogP) is 6.86. The molecule has 0 N–H and O–H groups in total. The number of rotatable bonds is 10. The second kappa shape index (κ2) is 11.7. The van der Waals surface area contributed by atoms with E-state index in [0.717, 1.165) is 35.1 Å². The maximum Gasteiger partial charge on any atom is 0.519 e. The first-order valence-corrected chi connectivity index (χ1v) is 10.7. The summed E-state index contributed by atoms with van der Waals surface area (Å²) in [5, 5.41) is 0. The smallest absolute Gasteiger partial charge is 0.394 e. The number of aryl methyl sites for hydroxylation is 2. The van der Waals surface area contributed by atoms with Gasteiger partial charge in [0.1, 0.15) is 11.5 Å². The zero-order valence-corrected chi connectivity index (χ0v) is 19.0. The topological polar surface area (TPSA) is 54.0 Å². The van der Waals surface area contributed by atoms with Gasteiger partial charge in [0.25, 0.3) is 0 Å². The summed E-state index contributed by atoms with van der Waals surface area (Å²) in [6, 6.07) is 11.5. The Balaban J connectivity index is 2.23. The summed E-state index contributed by atoms with van der Waals surface area (Å²) in [6.07, 6.45) is 0.686. The lowest BCUT2D eigenvalue weighted by molar-refractivity contribution is 0.0626. The van der Waals surface area contributed by atoms with Gasteiger partial charge < -0.3 is 18.9 Å². The molecule has 0 radical (unpaired) electrons. The number of carbonyl (C=O) groups excluding carboxylic acids is 1. The van der Waals surface area contributed by atoms with Crippen molar-refractivity contribution in [2.75, 3.05) is 13.2 Å². The van der Waals surface area contributed by atoms with Crippen molar-refractivity contribution >= 4 is 6.16 Å². The van der Waals surface area contributed by atoms with Crippen LogP contribution in [-0.2, 0) is 9.47 Å². The van der Waals surface area contributed by atoms with E-state index in [-0.39, 0.29) is 12.2 Å². The maximum atomic E-state index is 12.7. The molecule has 0 spiro atoms. The van der Waals surface area contributed by atoms with Crippen molar-refractivity contribution in [3.05, 3.63) is 58.7 Å². The number of carbonyl (C=O) groups is 1. The second-order valence-electron chi connectivity index (χ2n) is 7.47. The van der Waals surface area contributed by atoms with Crippen molar-refractivity contribution in [1.82, 2.24) is 0 Å². The van der Waals surface area contributed by atoms with E-state index in [0.29, 0.717) is 24.7 Å². The SMILES string of the molecule is CCCOC(C)c1cccc(C)c1OC(=O)Oc1c(C)cccc1C(C)OCCC. The molecule has 0 aliphatic rings. The molecule has 164 valence electrons. The summed E-state index contributed by atoms with van der Waals surface area (Å²) in [7, 11) is 0. The van der Waals surface area contributed by atoms with Crippen LogP contribution in [0.3, 0.4) is 0 Å². The fourth-order valence-corrected chi connectivity index (χ4v) is 3.23. The molecule has 30 heavy (non-hydrogen) atoms. The molecule has 2 rings (SSSR count). The highest BCUT2D eigenvalue weighted by molar-refractivity contribution is 5.69. The molecular weight excluding hydrogens is 380 g/mol. The van der Waals surface area contributed by atoms with Crippen LogP contribution in [0.1, 0.15) is 75.0 Å². The fraction of sp³-hybridized carbons (Fsp3) is 0.480. The lowest BCUT2D eigenvalue weighted by atomic mass is 10.1. The van der Waals surface area contributed by atoms with Gasteiger partial charge in [-0.15, -0.1) is 0 Å². The van der Waals surface area contributed by atoms with E-state index in [9.17, 15) is 4.79 Å². The summed E-state index contributed by atoms with van der Waals surface area (Å²) in [5.41, 5.74) is 3.34. The third-order valence-corrected chi connectivity index (χ3v) is 4.88. The first-order chi connectivity index (χ1) is 14.4. The molecule has 5 nitrogen and oxygen atoms in total. The van der Waals surface area contributed by atoms with Crippen LogP contribution < -0.4 is 9.47 Å². The molecule has 0 bridgehead atoms. The molecule has 2 aromatic rings. The van der Waals surface area contributed by atoms with Crippen molar-refractivity contribution in [2.24, 2.45) is 0 Å². The van der Waals surface area contributed by atoms with Gasteiger partial charge in [-0.05, 0) is 51.7 Å². The summed E-state index contributed by atoms with van der Waals surface area (Å²) in [5.74, 6) is 0.966. The van der Waals surface area contributed by atoms with E-state index < -0.39 is 6.16 Å². The zero-order chi connectivity index (χ0) is 22.1. The summed E-state index contributed by atoms with van der Waals surface area (Å²) >= 11 is 0. The standard InChI is InChI=1S/C25H34O5/c1-7-15-27-19(5)21-13-9-11-17(3)23(21)29-25(26)30-24-18(4)12-10-14-22(24)20(6)28-16-8-2/h9-14,19-20H,7-8,15-16H2,1-6H3. The molecule has 0 heterocycles. The van der Waals surface area contributed by atoms with Crippen LogP contribution in [0.25, 0.3) is 0 Å². The van der Waals surface area contributed by atoms with Crippen molar-refractivity contribution < 1.29 is 23.7 Å². The van der Waals surface area contributed by atoms with Crippen LogP contribution in [0.4, 0.5) is 4.79 Å². The van der Waals surface area contributed by atoms with E-state index >= 15 is 0 Å². The van der Waals surface area contributed by atoms with Crippen molar-refractivity contribution in [2.45, 2.75) is 66.6 Å². The molecule has 5 heteroatoms. The lowest BCUT2D eigenvalue weighted by Crippen LogP contribution is -2.18. The monoisotopic (exact) mass is 414 g/mol. The van der Waals surface area contributed by atoms with Gasteiger partial charge in [0.15, 0.2) is 0 Å². The fourth-order valence-electron chi connectivity index (χ4n) is 3.23. The molecule has 0 fully saturated rings. The Morgan fingerprint density at radius 1 is 0.767 bits per heavy atom. The Hall–Kier alpha value is -2.37. The van der Waals surface area contributed by atoms with Gasteiger partial charge in [0.2, 0.25) is 0 Å². The highest BCUT2D eigenvalue weighted by Crippen LogP contribution is 2.33. The Labute approximate surface area is 180 Å². The average Bonchev–Trinajstić information content (AvgIpc) is 2.73. The Morgan fingerprint density at radius 3 is 1.53 bits per heavy atom. The first kappa shape index (κ1) is 23.9. The molecule has 0 aromatic heterocycles. The summed E-state index contributed by atoms with van der Waals surface area (Å²) < 4.78 is 23.0. The molecule has 2 unspecified atom stereocenters. The Kier molecular flexibility index (Phi) is 9.34. The van der Waals surface area contributed by atoms with Crippen molar-refractivity contribution in [3.63, 3.8) is 0 Å². The Bertz CT molecular complexity index is 763. The predicted molar refractivity (Wildman–Crippen MR) is 118 cm³/mol. The molecule has 0 amide bonds. The van der Waals surface area contributed by atoms with Crippen molar-refractivity contribution in [3.8, 4) is 11.5 Å². The van der Waals surface area contributed by atoms with Crippen LogP contribution in [0.15, 0.2) is 36.4 Å². The number of hydrogen-bond donors (Lipinski definition) is 0. The average molecular weight is 415 g/mol. The van der Waals surface area contributed by atoms with E-state index in [4.69, 9.17) is 18.9 Å². The van der Waals surface area contributed by atoms with Crippen LogP contribution in [0.5, 0.6) is 11.5 Å². The highest BCUT2D eigenvalue weighted by Gasteiger charge is 2.21. The van der Waals surface area contributed by atoms with Crippen molar-refractivity contribution in [1.29, 1.82) is 0 Å². The third-order valence-electron chi connectivity index (χ3n) is 4.88. The quantitative estimate of drug-likeness (QED) is 0.314. The molecule has 2 aromatic carbocycles. The van der Waals surface area contributed by atoms with Crippen LogP contribution in [-0.4, -0.2) is 19.4 Å². The summed E-state index contributed by atoms with van der Waals surface area (Å²) in [6.45, 7) is 13.1. The minimum atomic E-state index is -0.772. The zero-order valence-electron chi connectivity index (χ0n) is 19.0. The third kappa shape index (κ3) is 6.31. The van der Waals surface area contributed by atoms with Gasteiger partial charge in [0.05, 0.1) is 12.2 Å². The molecule has 0 aliphatic carbocycles. The number of para-hydroxylation sites is 2. The largest absolute Gasteiger partial charge is 0.519 e. The summed E-state index contributed by atoms with van der Waals surface area (Å²) in [4.78, 5) is 12.7. The lowest BCUT2D eigenvalue weighted by Gasteiger charge is -2.20. The van der Waals surface area contributed by atoms with Gasteiger partial charge >= 0.3 is 6.16 Å². The van der Waals surface area contributed by atoms with E-state index in [1.165, 1.54) is 0 Å². The van der Waals surface area contributed by atoms with E-state index in [1.54, 1.807) is 0 Å². The van der Waals surface area contributed by atoms with Gasteiger partial charge in [-0.2, -0.15) is 0 Å². The molecule has 2 atom stereocenters. The maximum absolute atomic E-state index is 12.7. The van der Waals surface area contributed by atoms with Crippen LogP contribution in [0, 0.1) is 13.8 Å². The van der Waals surface area contributed by atoms with Crippen LogP contribution in [0.2, 0.25) is 0 Å². The highest BCUT2D eigenvalue weighted by atomic mass is 16.7. The van der Waals surface area contributed by atoms with E-state index in [1.807, 2.05) is 64.1 Å². The van der Waals surface area contributed by atoms with Gasteiger partial charge in [-0.25, -0.2) is 4.79 Å². The van der Waals surface area contributed by atoms with Gasteiger partial charge in [-0.3, -0.25) is 0 Å². The molecule has 0 saturated carbocycles. The minimum Gasteiger partial charge on any atom is -0.394 e. The molecule has 0 aliphatic heterocycles. The normalized spacial score (nSPS) is 13.0. The first-order valence-electron chi connectivity index (χ1n) is 10.7. The Morgan fingerprint density at radius 2 is 1.17 bits per heavy atom. The number of benzene rings is 2. The minimum absolute atomic E-state index is 0.191. The van der Waals surface area contributed by atoms with E-state index in [2.05, 4.69) is 13.8 Å². The molecular formula is C25H34O5. The second-order valence-corrected chi connectivity index (χ2v) is 7.47. The molecule has 0 saturated heterocycles.